The molecule has 7 nitrogen and oxygen atoms in total. The van der Waals surface area contributed by atoms with E-state index in [9.17, 15) is 5.11 Å². The van der Waals surface area contributed by atoms with Gasteiger partial charge in [-0.25, -0.2) is 0 Å². The molecule has 4 saturated carbocycles. The van der Waals surface area contributed by atoms with Gasteiger partial charge in [0.2, 0.25) is 0 Å². The van der Waals surface area contributed by atoms with Crippen molar-refractivity contribution in [3.63, 3.8) is 0 Å². The molecule has 0 spiro atoms. The van der Waals surface area contributed by atoms with Crippen molar-refractivity contribution in [1.29, 1.82) is 0 Å². The SMILES string of the molecule is C[C@H](CO)[C@H]1CC[C@H]2C3[C@H](OCCCN)CC4C[C@H](OCCCN)CC[C@]4(C)[C@H]3C[C@H](OCCCN)[C@]12C. The van der Waals surface area contributed by atoms with Crippen LogP contribution in [0.2, 0.25) is 0 Å². The summed E-state index contributed by atoms with van der Waals surface area (Å²) >= 11 is 0. The Bertz CT molecular complexity index is 727. The van der Waals surface area contributed by atoms with Gasteiger partial charge in [-0.1, -0.05) is 20.8 Å². The number of rotatable bonds is 14. The Balaban J connectivity index is 1.64. The molecule has 7 heteroatoms. The topological polar surface area (TPSA) is 126 Å². The Kier molecular flexibility index (Phi) is 11.0. The first kappa shape index (κ1) is 30.7. The molecule has 38 heavy (non-hydrogen) atoms. The Labute approximate surface area is 232 Å². The molecule has 0 amide bonds. The average molecular weight is 538 g/mol. The third kappa shape index (κ3) is 5.86. The van der Waals surface area contributed by atoms with Gasteiger partial charge in [-0.15, -0.1) is 0 Å². The van der Waals surface area contributed by atoms with E-state index in [0.717, 1.165) is 64.8 Å². The molecule has 0 saturated heterocycles. The van der Waals surface area contributed by atoms with Gasteiger partial charge in [-0.05, 0) is 125 Å². The summed E-state index contributed by atoms with van der Waals surface area (Å²) in [6.07, 6.45) is 11.7. The van der Waals surface area contributed by atoms with Gasteiger partial charge >= 0.3 is 0 Å². The lowest BCUT2D eigenvalue weighted by Gasteiger charge is -2.64. The average Bonchev–Trinajstić information content (AvgIpc) is 3.27. The Morgan fingerprint density at radius 3 is 2.13 bits per heavy atom. The molecule has 0 aromatic carbocycles. The summed E-state index contributed by atoms with van der Waals surface area (Å²) in [5.41, 5.74) is 17.8. The highest BCUT2D eigenvalue weighted by atomic mass is 16.5. The minimum atomic E-state index is 0.0547. The summed E-state index contributed by atoms with van der Waals surface area (Å²) in [4.78, 5) is 0. The van der Waals surface area contributed by atoms with Crippen LogP contribution >= 0.6 is 0 Å². The summed E-state index contributed by atoms with van der Waals surface area (Å²) in [7, 11) is 0. The van der Waals surface area contributed by atoms with Gasteiger partial charge in [-0.2, -0.15) is 0 Å². The van der Waals surface area contributed by atoms with Gasteiger partial charge in [-0.3, -0.25) is 0 Å². The van der Waals surface area contributed by atoms with E-state index in [1.807, 2.05) is 0 Å². The molecule has 0 aromatic rings. The van der Waals surface area contributed by atoms with E-state index in [2.05, 4.69) is 20.8 Å². The highest BCUT2D eigenvalue weighted by molar-refractivity contribution is 5.15. The highest BCUT2D eigenvalue weighted by Gasteiger charge is 2.66. The lowest BCUT2D eigenvalue weighted by Crippen LogP contribution is -2.63. The maximum absolute atomic E-state index is 10.2. The van der Waals surface area contributed by atoms with Crippen molar-refractivity contribution in [3.8, 4) is 0 Å². The zero-order valence-electron chi connectivity index (χ0n) is 24.6. The van der Waals surface area contributed by atoms with Crippen LogP contribution in [0.1, 0.15) is 85.0 Å². The van der Waals surface area contributed by atoms with E-state index < -0.39 is 0 Å². The molecule has 0 aliphatic heterocycles. The van der Waals surface area contributed by atoms with Crippen molar-refractivity contribution < 1.29 is 19.3 Å². The first-order valence-electron chi connectivity index (χ1n) is 15.9. The number of ether oxygens (including phenoxy) is 3. The number of fused-ring (bicyclic) bond motifs is 5. The van der Waals surface area contributed by atoms with E-state index in [-0.39, 0.29) is 35.6 Å². The summed E-state index contributed by atoms with van der Waals surface area (Å²) in [5, 5.41) is 10.2. The van der Waals surface area contributed by atoms with Crippen LogP contribution in [0.25, 0.3) is 0 Å². The fraction of sp³-hybridized carbons (Fsp3) is 1.00. The van der Waals surface area contributed by atoms with Crippen LogP contribution in [0.4, 0.5) is 0 Å². The summed E-state index contributed by atoms with van der Waals surface area (Å²) in [5.74, 6) is 3.04. The predicted molar refractivity (Wildman–Crippen MR) is 152 cm³/mol. The molecule has 7 N–H and O–H groups in total. The zero-order chi connectivity index (χ0) is 27.3. The van der Waals surface area contributed by atoms with Crippen LogP contribution in [0.15, 0.2) is 0 Å². The van der Waals surface area contributed by atoms with Gasteiger partial charge in [0.25, 0.3) is 0 Å². The standard InChI is InChI=1S/C31H59N3O4/c1-21(20-35)24-7-8-25-29-26(19-28(31(24,25)3)38-16-6-13-34)30(2)10-9-23(36-14-4-11-32)17-22(30)18-27(29)37-15-5-12-33/h21-29,35H,4-20,32-34H2,1-3H3/t21-,22?,23-,24-,25+,26+,27-,28+,29?,30+,31-/m1/s1. The van der Waals surface area contributed by atoms with E-state index in [0.29, 0.717) is 55.3 Å². The van der Waals surface area contributed by atoms with Crippen LogP contribution in [0, 0.1) is 46.3 Å². The first-order chi connectivity index (χ1) is 18.3. The molecule has 0 aromatic heterocycles. The van der Waals surface area contributed by atoms with E-state index >= 15 is 0 Å². The third-order valence-electron chi connectivity index (χ3n) is 11.8. The molecule has 0 bridgehead atoms. The second-order valence-corrected chi connectivity index (χ2v) is 13.6. The minimum absolute atomic E-state index is 0.0547. The predicted octanol–water partition coefficient (Wildman–Crippen LogP) is 3.70. The molecule has 222 valence electrons. The minimum Gasteiger partial charge on any atom is -0.396 e. The number of aliphatic hydroxyl groups is 1. The van der Waals surface area contributed by atoms with Gasteiger partial charge in [0.15, 0.2) is 0 Å². The van der Waals surface area contributed by atoms with Gasteiger partial charge < -0.3 is 36.5 Å². The lowest BCUT2D eigenvalue weighted by atomic mass is 9.43. The molecule has 4 aliphatic rings. The first-order valence-corrected chi connectivity index (χ1v) is 15.9. The van der Waals surface area contributed by atoms with Crippen molar-refractivity contribution in [2.75, 3.05) is 46.1 Å². The lowest BCUT2D eigenvalue weighted by molar-refractivity contribution is -0.228. The molecule has 0 heterocycles. The van der Waals surface area contributed by atoms with E-state index in [1.54, 1.807) is 0 Å². The molecule has 2 unspecified atom stereocenters. The highest BCUT2D eigenvalue weighted by Crippen LogP contribution is 2.69. The largest absolute Gasteiger partial charge is 0.396 e. The van der Waals surface area contributed by atoms with Crippen LogP contribution in [0.5, 0.6) is 0 Å². The van der Waals surface area contributed by atoms with Crippen LogP contribution in [0.3, 0.4) is 0 Å². The van der Waals surface area contributed by atoms with Crippen LogP contribution in [-0.2, 0) is 14.2 Å². The molecule has 4 rings (SSSR count). The van der Waals surface area contributed by atoms with Crippen LogP contribution < -0.4 is 17.2 Å². The van der Waals surface area contributed by atoms with Crippen molar-refractivity contribution in [1.82, 2.24) is 0 Å². The maximum Gasteiger partial charge on any atom is 0.0637 e. The van der Waals surface area contributed by atoms with Gasteiger partial charge in [0.1, 0.15) is 0 Å². The zero-order valence-corrected chi connectivity index (χ0v) is 24.6. The normalized spacial score (nSPS) is 43.3. The molecule has 11 atom stereocenters. The number of aliphatic hydroxyl groups excluding tert-OH is 1. The molecular weight excluding hydrogens is 478 g/mol. The van der Waals surface area contributed by atoms with E-state index in [4.69, 9.17) is 31.4 Å². The summed E-state index contributed by atoms with van der Waals surface area (Å²) in [6, 6.07) is 0. The molecule has 4 fully saturated rings. The smallest absolute Gasteiger partial charge is 0.0637 e. The Morgan fingerprint density at radius 2 is 1.47 bits per heavy atom. The number of nitrogens with two attached hydrogens (primary N) is 3. The molecule has 0 radical (unpaired) electrons. The number of hydrogen-bond acceptors (Lipinski definition) is 7. The second kappa shape index (κ2) is 13.6. The van der Waals surface area contributed by atoms with Crippen molar-refractivity contribution >= 4 is 0 Å². The maximum atomic E-state index is 10.2. The van der Waals surface area contributed by atoms with Crippen molar-refractivity contribution in [3.05, 3.63) is 0 Å². The molecule has 4 aliphatic carbocycles. The fourth-order valence-electron chi connectivity index (χ4n) is 9.72. The Hall–Kier alpha value is -0.280. The quantitative estimate of drug-likeness (QED) is 0.249. The monoisotopic (exact) mass is 537 g/mol. The Morgan fingerprint density at radius 1 is 0.816 bits per heavy atom. The van der Waals surface area contributed by atoms with Crippen molar-refractivity contribution in [2.45, 2.75) is 103 Å². The van der Waals surface area contributed by atoms with Crippen LogP contribution in [-0.4, -0.2) is 69.5 Å². The summed E-state index contributed by atoms with van der Waals surface area (Å²) < 4.78 is 19.9. The second-order valence-electron chi connectivity index (χ2n) is 13.6. The van der Waals surface area contributed by atoms with Gasteiger partial charge in [0, 0.05) is 31.8 Å². The van der Waals surface area contributed by atoms with E-state index in [1.165, 1.54) is 19.3 Å². The fourth-order valence-corrected chi connectivity index (χ4v) is 9.72. The molecular formula is C31H59N3O4. The van der Waals surface area contributed by atoms with Crippen molar-refractivity contribution in [2.24, 2.45) is 63.5 Å². The van der Waals surface area contributed by atoms with Gasteiger partial charge in [0.05, 0.1) is 18.3 Å². The number of hydrogen-bond donors (Lipinski definition) is 4. The summed E-state index contributed by atoms with van der Waals surface area (Å²) in [6.45, 7) is 11.9. The third-order valence-corrected chi connectivity index (χ3v) is 11.8.